The van der Waals surface area contributed by atoms with Gasteiger partial charge in [-0.3, -0.25) is 4.90 Å². The van der Waals surface area contributed by atoms with Gasteiger partial charge < -0.3 is 24.6 Å². The van der Waals surface area contributed by atoms with Crippen molar-refractivity contribution in [2.24, 2.45) is 0 Å². The predicted molar refractivity (Wildman–Crippen MR) is 126 cm³/mol. The van der Waals surface area contributed by atoms with Crippen LogP contribution in [-0.2, 0) is 4.74 Å². The molecule has 0 aliphatic carbocycles. The molecule has 7 heteroatoms. The SMILES string of the molecule is Cc1ccc(N2CCC(O)(CN3CCOC[C@](O)(COc4ccc(F)c(C)c4)C3)CC2)cc1. The van der Waals surface area contributed by atoms with Crippen molar-refractivity contribution >= 4 is 5.69 Å². The van der Waals surface area contributed by atoms with E-state index in [4.69, 9.17) is 9.47 Å². The van der Waals surface area contributed by atoms with Gasteiger partial charge in [-0.15, -0.1) is 0 Å². The summed E-state index contributed by atoms with van der Waals surface area (Å²) in [5, 5.41) is 22.5. The van der Waals surface area contributed by atoms with Crippen LogP contribution in [0.4, 0.5) is 10.1 Å². The summed E-state index contributed by atoms with van der Waals surface area (Å²) in [7, 11) is 0. The number of anilines is 1. The number of halogens is 1. The number of piperidine rings is 1. The van der Waals surface area contributed by atoms with Gasteiger partial charge in [0.2, 0.25) is 0 Å². The van der Waals surface area contributed by atoms with Crippen molar-refractivity contribution in [2.75, 3.05) is 57.4 Å². The Morgan fingerprint density at radius 2 is 1.73 bits per heavy atom. The number of β-amino-alcohol motifs (C(OH)–C–C–N with tert-alkyl or cyclic N) is 2. The average Bonchev–Trinajstić information content (AvgIpc) is 2.97. The van der Waals surface area contributed by atoms with Gasteiger partial charge in [-0.1, -0.05) is 17.7 Å². The minimum atomic E-state index is -1.21. The van der Waals surface area contributed by atoms with Gasteiger partial charge in [0.1, 0.15) is 23.8 Å². The number of hydrogen-bond donors (Lipinski definition) is 2. The van der Waals surface area contributed by atoms with E-state index in [-0.39, 0.29) is 19.0 Å². The number of aryl methyl sites for hydroxylation is 2. The Hall–Kier alpha value is -2.19. The molecule has 2 aliphatic rings. The second-order valence-electron chi connectivity index (χ2n) is 9.73. The summed E-state index contributed by atoms with van der Waals surface area (Å²) in [6, 6.07) is 13.0. The van der Waals surface area contributed by atoms with Gasteiger partial charge in [0, 0.05) is 38.4 Å². The van der Waals surface area contributed by atoms with Crippen molar-refractivity contribution in [3.8, 4) is 5.75 Å². The highest BCUT2D eigenvalue weighted by Gasteiger charge is 2.39. The van der Waals surface area contributed by atoms with Crippen LogP contribution in [0.1, 0.15) is 24.0 Å². The quantitative estimate of drug-likeness (QED) is 0.694. The highest BCUT2D eigenvalue weighted by Crippen LogP contribution is 2.28. The van der Waals surface area contributed by atoms with Crippen molar-refractivity contribution < 1.29 is 24.1 Å². The molecule has 180 valence electrons. The molecule has 2 heterocycles. The first-order chi connectivity index (χ1) is 15.7. The van der Waals surface area contributed by atoms with E-state index in [1.807, 2.05) is 0 Å². The molecular weight excluding hydrogens is 423 g/mol. The van der Waals surface area contributed by atoms with E-state index in [0.29, 0.717) is 50.4 Å². The van der Waals surface area contributed by atoms with E-state index < -0.39 is 11.2 Å². The maximum Gasteiger partial charge on any atom is 0.134 e. The minimum absolute atomic E-state index is 0.0359. The predicted octanol–water partition coefficient (Wildman–Crippen LogP) is 2.92. The molecule has 0 spiro atoms. The standard InChI is InChI=1S/C26H35FN2O4/c1-20-3-5-22(6-4-20)29-11-9-25(30,10-12-29)16-28-13-14-32-18-26(31,17-28)19-33-23-7-8-24(27)21(2)15-23/h3-8,15,30-31H,9-14,16-19H2,1-2H3/t26-/m0/s1. The maximum absolute atomic E-state index is 13.5. The lowest BCUT2D eigenvalue weighted by atomic mass is 9.90. The first kappa shape index (κ1) is 24.0. The normalized spacial score (nSPS) is 23.8. The second-order valence-corrected chi connectivity index (χ2v) is 9.73. The Kier molecular flexibility index (Phi) is 7.24. The number of nitrogens with zero attached hydrogens (tertiary/aromatic N) is 2. The van der Waals surface area contributed by atoms with E-state index >= 15 is 0 Å². The summed E-state index contributed by atoms with van der Waals surface area (Å²) in [5.41, 5.74) is 0.909. The Bertz CT molecular complexity index is 930. The highest BCUT2D eigenvalue weighted by molar-refractivity contribution is 5.48. The molecule has 2 saturated heterocycles. The molecular formula is C26H35FN2O4. The van der Waals surface area contributed by atoms with E-state index in [1.165, 1.54) is 17.3 Å². The third-order valence-corrected chi connectivity index (χ3v) is 6.69. The summed E-state index contributed by atoms with van der Waals surface area (Å²) < 4.78 is 24.9. The molecule has 6 nitrogen and oxygen atoms in total. The van der Waals surface area contributed by atoms with Gasteiger partial charge in [-0.25, -0.2) is 4.39 Å². The maximum atomic E-state index is 13.5. The Balaban J connectivity index is 1.33. The molecule has 2 aromatic rings. The molecule has 33 heavy (non-hydrogen) atoms. The molecule has 0 amide bonds. The smallest absolute Gasteiger partial charge is 0.134 e. The zero-order valence-electron chi connectivity index (χ0n) is 19.6. The zero-order chi connectivity index (χ0) is 23.5. The Labute approximate surface area is 195 Å². The van der Waals surface area contributed by atoms with Crippen LogP contribution in [0, 0.1) is 19.7 Å². The lowest BCUT2D eigenvalue weighted by Gasteiger charge is -2.42. The fourth-order valence-electron chi connectivity index (χ4n) is 4.65. The van der Waals surface area contributed by atoms with Crippen molar-refractivity contribution in [1.29, 1.82) is 0 Å². The number of rotatable bonds is 6. The van der Waals surface area contributed by atoms with Crippen LogP contribution in [-0.4, -0.2) is 78.9 Å². The van der Waals surface area contributed by atoms with Crippen molar-refractivity contribution in [3.63, 3.8) is 0 Å². The van der Waals surface area contributed by atoms with Crippen LogP contribution < -0.4 is 9.64 Å². The zero-order valence-corrected chi connectivity index (χ0v) is 19.6. The van der Waals surface area contributed by atoms with Crippen molar-refractivity contribution in [3.05, 3.63) is 59.4 Å². The lowest BCUT2D eigenvalue weighted by molar-refractivity contribution is -0.0742. The molecule has 0 radical (unpaired) electrons. The molecule has 0 aromatic heterocycles. The third-order valence-electron chi connectivity index (χ3n) is 6.69. The van der Waals surface area contributed by atoms with E-state index in [2.05, 4.69) is 41.0 Å². The monoisotopic (exact) mass is 458 g/mol. The van der Waals surface area contributed by atoms with Crippen molar-refractivity contribution in [2.45, 2.75) is 37.9 Å². The van der Waals surface area contributed by atoms with Crippen LogP contribution in [0.25, 0.3) is 0 Å². The van der Waals surface area contributed by atoms with Crippen molar-refractivity contribution in [1.82, 2.24) is 4.90 Å². The van der Waals surface area contributed by atoms with Gasteiger partial charge >= 0.3 is 0 Å². The van der Waals surface area contributed by atoms with Gasteiger partial charge in [0.15, 0.2) is 0 Å². The Morgan fingerprint density at radius 1 is 1.00 bits per heavy atom. The summed E-state index contributed by atoms with van der Waals surface area (Å²) in [6.07, 6.45) is 1.34. The van der Waals surface area contributed by atoms with E-state index in [1.54, 1.807) is 19.1 Å². The molecule has 0 bridgehead atoms. The van der Waals surface area contributed by atoms with Crippen LogP contribution in [0.15, 0.2) is 42.5 Å². The highest BCUT2D eigenvalue weighted by atomic mass is 19.1. The van der Waals surface area contributed by atoms with Gasteiger partial charge in [-0.2, -0.15) is 0 Å². The van der Waals surface area contributed by atoms with Crippen LogP contribution in [0.3, 0.4) is 0 Å². The molecule has 1 atom stereocenters. The molecule has 2 aliphatic heterocycles. The minimum Gasteiger partial charge on any atom is -0.490 e. The number of hydrogen-bond acceptors (Lipinski definition) is 6. The number of aliphatic hydroxyl groups is 2. The summed E-state index contributed by atoms with van der Waals surface area (Å²) in [4.78, 5) is 4.39. The van der Waals surface area contributed by atoms with Gasteiger partial charge in [0.05, 0.1) is 18.8 Å². The largest absolute Gasteiger partial charge is 0.490 e. The average molecular weight is 459 g/mol. The van der Waals surface area contributed by atoms with Gasteiger partial charge in [-0.05, 0) is 62.6 Å². The topological polar surface area (TPSA) is 65.4 Å². The van der Waals surface area contributed by atoms with Crippen LogP contribution in [0.2, 0.25) is 0 Å². The fourth-order valence-corrected chi connectivity index (χ4v) is 4.65. The summed E-state index contributed by atoms with van der Waals surface area (Å²) in [5.74, 6) is 0.229. The third kappa shape index (κ3) is 6.23. The van der Waals surface area contributed by atoms with Gasteiger partial charge in [0.25, 0.3) is 0 Å². The second kappa shape index (κ2) is 9.97. The fraction of sp³-hybridized carbons (Fsp3) is 0.538. The lowest BCUT2D eigenvalue weighted by Crippen LogP contribution is -2.55. The summed E-state index contributed by atoms with van der Waals surface area (Å²) in [6.45, 7) is 7.49. The first-order valence-corrected chi connectivity index (χ1v) is 11.7. The summed E-state index contributed by atoms with van der Waals surface area (Å²) >= 11 is 0. The molecule has 2 aromatic carbocycles. The molecule has 0 unspecified atom stereocenters. The van der Waals surface area contributed by atoms with Crippen LogP contribution >= 0.6 is 0 Å². The molecule has 4 rings (SSSR count). The molecule has 0 saturated carbocycles. The number of benzene rings is 2. The first-order valence-electron chi connectivity index (χ1n) is 11.7. The van der Waals surface area contributed by atoms with E-state index in [9.17, 15) is 14.6 Å². The number of ether oxygens (including phenoxy) is 2. The Morgan fingerprint density at radius 3 is 2.42 bits per heavy atom. The van der Waals surface area contributed by atoms with E-state index in [0.717, 1.165) is 13.1 Å². The molecule has 2 fully saturated rings. The molecule has 2 N–H and O–H groups in total. The van der Waals surface area contributed by atoms with Crippen LogP contribution in [0.5, 0.6) is 5.75 Å².